The van der Waals surface area contributed by atoms with E-state index in [0.29, 0.717) is 18.3 Å². The first-order valence-corrected chi connectivity index (χ1v) is 8.66. The normalized spacial score (nSPS) is 12.3. The van der Waals surface area contributed by atoms with E-state index in [2.05, 4.69) is 25.7 Å². The Labute approximate surface area is 185 Å². The molecule has 162 valence electrons. The molecule has 2 rings (SSSR count). The average molecular weight is 526 g/mol. The van der Waals surface area contributed by atoms with Crippen LogP contribution in [0.5, 0.6) is 5.75 Å². The Balaban J connectivity index is 0.00000420. The molecule has 29 heavy (non-hydrogen) atoms. The van der Waals surface area contributed by atoms with Crippen LogP contribution in [0.3, 0.4) is 0 Å². The number of hydrogen-bond acceptors (Lipinski definition) is 4. The van der Waals surface area contributed by atoms with Crippen molar-refractivity contribution in [2.24, 2.45) is 12.0 Å². The Morgan fingerprint density at radius 1 is 1.17 bits per heavy atom. The van der Waals surface area contributed by atoms with Gasteiger partial charge in [-0.2, -0.15) is 18.3 Å². The molecule has 0 radical (unpaired) electrons. The largest absolute Gasteiger partial charge is 0.488 e. The highest BCUT2D eigenvalue weighted by molar-refractivity contribution is 14.0. The van der Waals surface area contributed by atoms with Crippen LogP contribution in [-0.4, -0.2) is 33.4 Å². The molecule has 11 heteroatoms. The van der Waals surface area contributed by atoms with Gasteiger partial charge in [0.15, 0.2) is 5.96 Å². The summed E-state index contributed by atoms with van der Waals surface area (Å²) in [6.45, 7) is 5.62. The first kappa shape index (κ1) is 25.0. The fourth-order valence-electron chi connectivity index (χ4n) is 2.43. The van der Waals surface area contributed by atoms with Crippen LogP contribution in [-0.2, 0) is 26.3 Å². The van der Waals surface area contributed by atoms with Crippen molar-refractivity contribution in [2.75, 3.05) is 7.05 Å². The number of nitrogens with one attached hydrogen (secondary N) is 2. The standard InChI is InChI=1S/C18H25F3N6O.HI/c1-17(2,3)28-13-7-6-12(14(8-13)18(19,20)21)9-23-16(22-4)24-10-15-25-11-26-27(15)5;/h6-8,11H,9-10H2,1-5H3,(H2,22,23,24);1H. The summed E-state index contributed by atoms with van der Waals surface area (Å²) in [7, 11) is 3.29. The molecule has 0 spiro atoms. The Morgan fingerprint density at radius 2 is 1.83 bits per heavy atom. The van der Waals surface area contributed by atoms with Crippen molar-refractivity contribution in [3.63, 3.8) is 0 Å². The van der Waals surface area contributed by atoms with Gasteiger partial charge in [-0.3, -0.25) is 9.67 Å². The van der Waals surface area contributed by atoms with E-state index in [-0.39, 0.29) is 41.8 Å². The molecule has 7 nitrogen and oxygen atoms in total. The predicted octanol–water partition coefficient (Wildman–Crippen LogP) is 3.49. The maximum absolute atomic E-state index is 13.5. The number of ether oxygens (including phenoxy) is 1. The van der Waals surface area contributed by atoms with Gasteiger partial charge in [0.2, 0.25) is 0 Å². The van der Waals surface area contributed by atoms with E-state index in [1.807, 2.05) is 0 Å². The van der Waals surface area contributed by atoms with Crippen molar-refractivity contribution in [1.82, 2.24) is 25.4 Å². The fourth-order valence-corrected chi connectivity index (χ4v) is 2.43. The molecule has 0 aliphatic rings. The second-order valence-electron chi connectivity index (χ2n) is 7.11. The van der Waals surface area contributed by atoms with Crippen LogP contribution in [0.4, 0.5) is 13.2 Å². The number of aliphatic imine (C=N–C) groups is 1. The van der Waals surface area contributed by atoms with Gasteiger partial charge in [0.05, 0.1) is 12.1 Å². The number of hydrogen-bond donors (Lipinski definition) is 2. The van der Waals surface area contributed by atoms with E-state index >= 15 is 0 Å². The first-order valence-electron chi connectivity index (χ1n) is 8.66. The van der Waals surface area contributed by atoms with Gasteiger partial charge >= 0.3 is 6.18 Å². The zero-order valence-electron chi connectivity index (χ0n) is 17.0. The number of nitrogens with zero attached hydrogens (tertiary/aromatic N) is 4. The second kappa shape index (κ2) is 10.1. The predicted molar refractivity (Wildman–Crippen MR) is 115 cm³/mol. The number of aromatic nitrogens is 3. The summed E-state index contributed by atoms with van der Waals surface area (Å²) in [6.07, 6.45) is -3.08. The molecular formula is C18H26F3IN6O. The van der Waals surface area contributed by atoms with Gasteiger partial charge < -0.3 is 15.4 Å². The molecule has 2 N–H and O–H groups in total. The Morgan fingerprint density at radius 3 is 2.34 bits per heavy atom. The van der Waals surface area contributed by atoms with Crippen molar-refractivity contribution >= 4 is 29.9 Å². The second-order valence-corrected chi connectivity index (χ2v) is 7.11. The van der Waals surface area contributed by atoms with Crippen LogP contribution in [0.1, 0.15) is 37.7 Å². The number of benzene rings is 1. The van der Waals surface area contributed by atoms with Crippen LogP contribution in [0.2, 0.25) is 0 Å². The third-order valence-electron chi connectivity index (χ3n) is 3.70. The van der Waals surface area contributed by atoms with Gasteiger partial charge in [-0.25, -0.2) is 4.98 Å². The summed E-state index contributed by atoms with van der Waals surface area (Å²) in [6, 6.07) is 3.97. The maximum atomic E-state index is 13.5. The third kappa shape index (κ3) is 7.71. The summed E-state index contributed by atoms with van der Waals surface area (Å²) < 4.78 is 47.6. The van der Waals surface area contributed by atoms with Crippen LogP contribution in [0, 0.1) is 0 Å². The van der Waals surface area contributed by atoms with Crippen LogP contribution in [0.15, 0.2) is 29.5 Å². The highest BCUT2D eigenvalue weighted by atomic mass is 127. The lowest BCUT2D eigenvalue weighted by molar-refractivity contribution is -0.138. The minimum absolute atomic E-state index is 0. The van der Waals surface area contributed by atoms with Gasteiger partial charge in [0, 0.05) is 20.6 Å². The number of rotatable bonds is 5. The number of guanidine groups is 1. The van der Waals surface area contributed by atoms with E-state index in [1.54, 1.807) is 32.5 Å². The molecule has 0 amide bonds. The lowest BCUT2D eigenvalue weighted by atomic mass is 10.1. The van der Waals surface area contributed by atoms with Crippen molar-refractivity contribution in [2.45, 2.75) is 45.6 Å². The average Bonchev–Trinajstić information content (AvgIpc) is 2.98. The molecule has 0 saturated heterocycles. The number of aryl methyl sites for hydroxylation is 1. The molecule has 0 unspecified atom stereocenters. The van der Waals surface area contributed by atoms with Gasteiger partial charge in [-0.05, 0) is 38.5 Å². The molecule has 0 aliphatic heterocycles. The molecule has 0 fully saturated rings. The number of halogens is 4. The minimum Gasteiger partial charge on any atom is -0.488 e. The van der Waals surface area contributed by atoms with E-state index < -0.39 is 17.3 Å². The Bertz CT molecular complexity index is 830. The van der Waals surface area contributed by atoms with Crippen LogP contribution < -0.4 is 15.4 Å². The lowest BCUT2D eigenvalue weighted by Gasteiger charge is -2.23. The fraction of sp³-hybridized carbons (Fsp3) is 0.500. The molecule has 0 saturated carbocycles. The zero-order valence-corrected chi connectivity index (χ0v) is 19.3. The molecule has 1 heterocycles. The van der Waals surface area contributed by atoms with E-state index in [9.17, 15) is 13.2 Å². The van der Waals surface area contributed by atoms with Gasteiger partial charge in [-0.1, -0.05) is 6.07 Å². The third-order valence-corrected chi connectivity index (χ3v) is 3.70. The van der Waals surface area contributed by atoms with Crippen molar-refractivity contribution in [3.8, 4) is 5.75 Å². The molecule has 0 aliphatic carbocycles. The number of alkyl halides is 3. The van der Waals surface area contributed by atoms with E-state index in [1.165, 1.54) is 25.5 Å². The van der Waals surface area contributed by atoms with Crippen molar-refractivity contribution in [1.29, 1.82) is 0 Å². The molecule has 1 aromatic carbocycles. The Kier molecular flexibility index (Phi) is 8.72. The topological polar surface area (TPSA) is 76.4 Å². The van der Waals surface area contributed by atoms with E-state index in [4.69, 9.17) is 4.74 Å². The monoisotopic (exact) mass is 526 g/mol. The summed E-state index contributed by atoms with van der Waals surface area (Å²) in [4.78, 5) is 8.09. The molecule has 0 bridgehead atoms. The molecule has 1 aromatic heterocycles. The molecule has 0 atom stereocenters. The molecular weight excluding hydrogens is 500 g/mol. The van der Waals surface area contributed by atoms with Gasteiger partial charge in [0.1, 0.15) is 23.5 Å². The first-order chi connectivity index (χ1) is 13.0. The van der Waals surface area contributed by atoms with Gasteiger partial charge in [-0.15, -0.1) is 24.0 Å². The smallest absolute Gasteiger partial charge is 0.416 e. The summed E-state index contributed by atoms with van der Waals surface area (Å²) in [5.41, 5.74) is -1.24. The summed E-state index contributed by atoms with van der Waals surface area (Å²) >= 11 is 0. The lowest BCUT2D eigenvalue weighted by Crippen LogP contribution is -2.37. The highest BCUT2D eigenvalue weighted by Crippen LogP contribution is 2.35. The van der Waals surface area contributed by atoms with Gasteiger partial charge in [0.25, 0.3) is 0 Å². The van der Waals surface area contributed by atoms with E-state index in [0.717, 1.165) is 6.07 Å². The SMILES string of the molecule is CN=C(NCc1ccc(OC(C)(C)C)cc1C(F)(F)F)NCc1ncnn1C.I. The van der Waals surface area contributed by atoms with Crippen LogP contribution >= 0.6 is 24.0 Å². The minimum atomic E-state index is -4.50. The quantitative estimate of drug-likeness (QED) is 0.355. The van der Waals surface area contributed by atoms with Crippen molar-refractivity contribution < 1.29 is 17.9 Å². The highest BCUT2D eigenvalue weighted by Gasteiger charge is 2.34. The molecule has 2 aromatic rings. The summed E-state index contributed by atoms with van der Waals surface area (Å²) in [5, 5.41) is 9.84. The maximum Gasteiger partial charge on any atom is 0.416 e. The zero-order chi connectivity index (χ0) is 20.9. The summed E-state index contributed by atoms with van der Waals surface area (Å²) in [5.74, 6) is 1.20. The Hall–Kier alpha value is -2.05. The van der Waals surface area contributed by atoms with Crippen LogP contribution in [0.25, 0.3) is 0 Å². The van der Waals surface area contributed by atoms with Crippen molar-refractivity contribution in [3.05, 3.63) is 41.5 Å².